The number of nitrogens with zero attached hydrogens (tertiary/aromatic N) is 2. The summed E-state index contributed by atoms with van der Waals surface area (Å²) in [6.45, 7) is 8.14. The fourth-order valence-electron chi connectivity index (χ4n) is 1.67. The molecular weight excluding hydrogens is 200 g/mol. The zero-order valence-electron chi connectivity index (χ0n) is 9.15. The second-order valence-electron chi connectivity index (χ2n) is 4.15. The fraction of sp³-hybridized carbons (Fsp3) is 0.889. The van der Waals surface area contributed by atoms with E-state index in [4.69, 9.17) is 0 Å². The van der Waals surface area contributed by atoms with Crippen molar-refractivity contribution in [2.24, 2.45) is 0 Å². The summed E-state index contributed by atoms with van der Waals surface area (Å²) < 4.78 is 24.0. The molecule has 4 nitrogen and oxygen atoms in total. The van der Waals surface area contributed by atoms with Gasteiger partial charge in [-0.2, -0.15) is 4.31 Å². The van der Waals surface area contributed by atoms with Crippen molar-refractivity contribution in [3.63, 3.8) is 0 Å². The van der Waals surface area contributed by atoms with Gasteiger partial charge in [-0.25, -0.2) is 8.42 Å². The third kappa shape index (κ3) is 3.55. The molecule has 1 fully saturated rings. The van der Waals surface area contributed by atoms with E-state index in [2.05, 4.69) is 18.7 Å². The minimum absolute atomic E-state index is 0.631. The van der Waals surface area contributed by atoms with Gasteiger partial charge in [0.1, 0.15) is 0 Å². The highest BCUT2D eigenvalue weighted by Crippen LogP contribution is 2.08. The molecule has 1 rings (SSSR count). The smallest absolute Gasteiger partial charge is 0.211 e. The van der Waals surface area contributed by atoms with Crippen molar-refractivity contribution >= 4 is 10.0 Å². The molecule has 0 unspecified atom stereocenters. The maximum atomic E-state index is 11.2. The molecule has 0 N–H and O–H groups in total. The lowest BCUT2D eigenvalue weighted by atomic mass is 10.2. The first-order valence-corrected chi connectivity index (χ1v) is 6.71. The Bertz CT molecular complexity index is 267. The Hall–Kier alpha value is -0.130. The van der Waals surface area contributed by atoms with Gasteiger partial charge in [0.05, 0.1) is 6.26 Å². The maximum Gasteiger partial charge on any atom is 0.211 e. The lowest BCUT2D eigenvalue weighted by Crippen LogP contribution is -2.48. The second kappa shape index (κ2) is 4.59. The molecule has 0 atom stereocenters. The van der Waals surface area contributed by atoms with Gasteiger partial charge >= 0.3 is 0 Å². The van der Waals surface area contributed by atoms with Crippen molar-refractivity contribution in [2.75, 3.05) is 39.0 Å². The predicted octanol–water partition coefficient (Wildman–Crippen LogP) is 0.178. The lowest BCUT2D eigenvalue weighted by molar-refractivity contribution is 0.195. The first kappa shape index (κ1) is 11.9. The molecule has 0 aromatic heterocycles. The van der Waals surface area contributed by atoms with Gasteiger partial charge in [-0.1, -0.05) is 13.8 Å². The second-order valence-corrected chi connectivity index (χ2v) is 6.13. The summed E-state index contributed by atoms with van der Waals surface area (Å²) in [6.07, 6.45) is 1.28. The van der Waals surface area contributed by atoms with Crippen molar-refractivity contribution in [1.29, 1.82) is 0 Å². The Morgan fingerprint density at radius 3 is 2.00 bits per heavy atom. The van der Waals surface area contributed by atoms with Crippen LogP contribution in [0.25, 0.3) is 0 Å². The average Bonchev–Trinajstić information content (AvgIpc) is 2.02. The van der Waals surface area contributed by atoms with Crippen LogP contribution in [0.4, 0.5) is 0 Å². The lowest BCUT2D eigenvalue weighted by Gasteiger charge is -2.33. The Kier molecular flexibility index (Phi) is 3.92. The first-order valence-electron chi connectivity index (χ1n) is 4.86. The van der Waals surface area contributed by atoms with E-state index in [1.165, 1.54) is 12.2 Å². The van der Waals surface area contributed by atoms with Gasteiger partial charge in [0, 0.05) is 32.7 Å². The van der Waals surface area contributed by atoms with Crippen molar-refractivity contribution in [3.8, 4) is 0 Å². The van der Waals surface area contributed by atoms with Crippen LogP contribution < -0.4 is 0 Å². The number of sulfonamides is 1. The topological polar surface area (TPSA) is 40.6 Å². The zero-order valence-corrected chi connectivity index (χ0v) is 9.97. The van der Waals surface area contributed by atoms with Gasteiger partial charge in [0.2, 0.25) is 10.0 Å². The summed E-state index contributed by atoms with van der Waals surface area (Å²) in [7, 11) is -2.98. The minimum atomic E-state index is -2.98. The highest BCUT2D eigenvalue weighted by atomic mass is 32.2. The van der Waals surface area contributed by atoms with E-state index >= 15 is 0 Å². The SMILES string of the molecule is C[C](C)CN1CCN(S(C)(=O)=O)CC1. The Labute approximate surface area is 86.9 Å². The van der Waals surface area contributed by atoms with E-state index in [0.29, 0.717) is 13.1 Å². The van der Waals surface area contributed by atoms with Gasteiger partial charge in [0.25, 0.3) is 0 Å². The molecule has 0 saturated carbocycles. The molecule has 1 aliphatic heterocycles. The normalized spacial score (nSPS) is 21.7. The van der Waals surface area contributed by atoms with E-state index < -0.39 is 10.0 Å². The van der Waals surface area contributed by atoms with Crippen LogP contribution in [0.3, 0.4) is 0 Å². The van der Waals surface area contributed by atoms with Crippen molar-refractivity contribution in [1.82, 2.24) is 9.21 Å². The molecule has 1 heterocycles. The molecule has 1 saturated heterocycles. The summed E-state index contributed by atoms with van der Waals surface area (Å²) in [5.74, 6) is 1.37. The van der Waals surface area contributed by atoms with Crippen LogP contribution in [0, 0.1) is 5.92 Å². The summed E-state index contributed by atoms with van der Waals surface area (Å²) in [4.78, 5) is 2.29. The van der Waals surface area contributed by atoms with Crippen molar-refractivity contribution in [3.05, 3.63) is 5.92 Å². The number of rotatable bonds is 3. The molecule has 0 aliphatic carbocycles. The molecule has 0 amide bonds. The molecule has 0 bridgehead atoms. The van der Waals surface area contributed by atoms with E-state index in [-0.39, 0.29) is 0 Å². The predicted molar refractivity (Wildman–Crippen MR) is 57.4 cm³/mol. The standard InChI is InChI=1S/C9H19N2O2S/c1-9(2)8-10-4-6-11(7-5-10)14(3,12)13/h4-8H2,1-3H3. The van der Waals surface area contributed by atoms with Gasteiger partial charge in [-0.3, -0.25) is 0 Å². The van der Waals surface area contributed by atoms with Crippen LogP contribution >= 0.6 is 0 Å². The van der Waals surface area contributed by atoms with Crippen LogP contribution in [0.15, 0.2) is 0 Å². The van der Waals surface area contributed by atoms with Crippen LogP contribution in [0.2, 0.25) is 0 Å². The highest BCUT2D eigenvalue weighted by Gasteiger charge is 2.23. The van der Waals surface area contributed by atoms with Gasteiger partial charge in [-0.15, -0.1) is 0 Å². The third-order valence-corrected chi connectivity index (χ3v) is 3.64. The first-order chi connectivity index (χ1) is 6.39. The summed E-state index contributed by atoms with van der Waals surface area (Å²) >= 11 is 0. The van der Waals surface area contributed by atoms with Crippen LogP contribution in [0.1, 0.15) is 13.8 Å². The minimum Gasteiger partial charge on any atom is -0.300 e. The molecule has 0 aromatic rings. The summed E-state index contributed by atoms with van der Waals surface area (Å²) in [5.41, 5.74) is 0. The van der Waals surface area contributed by atoms with Gasteiger partial charge < -0.3 is 4.90 Å². The molecule has 0 spiro atoms. The molecular formula is C9H19N2O2S. The molecule has 14 heavy (non-hydrogen) atoms. The van der Waals surface area contributed by atoms with Gasteiger partial charge in [0.15, 0.2) is 0 Å². The molecule has 1 radical (unpaired) electrons. The average molecular weight is 219 g/mol. The molecule has 5 heteroatoms. The Morgan fingerprint density at radius 1 is 1.14 bits per heavy atom. The van der Waals surface area contributed by atoms with E-state index in [9.17, 15) is 8.42 Å². The largest absolute Gasteiger partial charge is 0.300 e. The fourth-order valence-corrected chi connectivity index (χ4v) is 2.49. The third-order valence-electron chi connectivity index (χ3n) is 2.34. The number of piperazine rings is 1. The van der Waals surface area contributed by atoms with E-state index in [1.54, 1.807) is 4.31 Å². The summed E-state index contributed by atoms with van der Waals surface area (Å²) in [6, 6.07) is 0. The molecule has 83 valence electrons. The van der Waals surface area contributed by atoms with E-state index in [1.807, 2.05) is 0 Å². The van der Waals surface area contributed by atoms with Crippen molar-refractivity contribution < 1.29 is 8.42 Å². The number of hydrogen-bond donors (Lipinski definition) is 0. The van der Waals surface area contributed by atoms with Gasteiger partial charge in [-0.05, 0) is 5.92 Å². The zero-order chi connectivity index (χ0) is 10.8. The van der Waals surface area contributed by atoms with Crippen LogP contribution in [-0.2, 0) is 10.0 Å². The van der Waals surface area contributed by atoms with E-state index in [0.717, 1.165) is 19.6 Å². The van der Waals surface area contributed by atoms with Crippen molar-refractivity contribution in [2.45, 2.75) is 13.8 Å². The monoisotopic (exact) mass is 219 g/mol. The quantitative estimate of drug-likeness (QED) is 0.680. The number of hydrogen-bond acceptors (Lipinski definition) is 3. The Morgan fingerprint density at radius 2 is 1.64 bits per heavy atom. The molecule has 0 aromatic carbocycles. The van der Waals surface area contributed by atoms with Crippen LogP contribution in [-0.4, -0.2) is 56.6 Å². The maximum absolute atomic E-state index is 11.2. The Balaban J connectivity index is 2.39. The molecule has 1 aliphatic rings. The van der Waals surface area contributed by atoms with Crippen LogP contribution in [0.5, 0.6) is 0 Å². The summed E-state index contributed by atoms with van der Waals surface area (Å²) in [5, 5.41) is 0. The highest BCUT2D eigenvalue weighted by molar-refractivity contribution is 7.88.